The lowest BCUT2D eigenvalue weighted by Gasteiger charge is -2.18. The normalized spacial score (nSPS) is 12.6. The number of rotatable bonds is 66. The molecule has 6 nitrogen and oxygen atoms in total. The van der Waals surface area contributed by atoms with Gasteiger partial charge in [-0.1, -0.05) is 337 Å². The summed E-state index contributed by atoms with van der Waals surface area (Å²) in [6, 6.07) is 0. The molecule has 0 saturated carbocycles. The summed E-state index contributed by atoms with van der Waals surface area (Å²) in [4.78, 5) is 38.3. The molecule has 83 heavy (non-hydrogen) atoms. The van der Waals surface area contributed by atoms with Crippen molar-refractivity contribution in [3.05, 3.63) is 85.1 Å². The summed E-state index contributed by atoms with van der Waals surface area (Å²) in [5, 5.41) is 0. The van der Waals surface area contributed by atoms with Gasteiger partial charge in [0.25, 0.3) is 0 Å². The summed E-state index contributed by atoms with van der Waals surface area (Å²) in [5.74, 6) is -0.872. The molecule has 0 aliphatic rings. The number of esters is 3. The van der Waals surface area contributed by atoms with Gasteiger partial charge in [-0.15, -0.1) is 0 Å². The van der Waals surface area contributed by atoms with E-state index in [0.29, 0.717) is 19.3 Å². The van der Waals surface area contributed by atoms with E-state index >= 15 is 0 Å². The number of carbonyl (C=O) groups excluding carboxylic acids is 3. The van der Waals surface area contributed by atoms with E-state index < -0.39 is 6.10 Å². The zero-order valence-electron chi connectivity index (χ0n) is 55.2. The van der Waals surface area contributed by atoms with Crippen molar-refractivity contribution in [3.8, 4) is 0 Å². The standard InChI is InChI=1S/C77H136O6/c1-4-7-10-13-16-19-21-23-25-27-29-31-33-34-35-36-37-38-39-40-41-42-44-45-47-49-51-53-55-58-61-64-67-70-76(79)82-73-74(72-81-75(78)69-66-63-60-57-18-15-12-9-6-3)83-77(80)71-68-65-62-59-56-54-52-50-48-46-43-32-30-28-26-24-22-20-17-14-11-8-5-2/h8,11,17,20-21,23-24,26-27,29-30,32,46,48,74H,4-7,9-10,12-16,18-19,22,25,28,31,33-45,47,49-73H2,1-3H3/b11-8-,20-17-,23-21-,26-24-,29-27-,32-30-,48-46-. The van der Waals surface area contributed by atoms with Crippen LogP contribution in [0, 0.1) is 0 Å². The van der Waals surface area contributed by atoms with E-state index in [1.165, 1.54) is 225 Å². The Morgan fingerprint density at radius 1 is 0.253 bits per heavy atom. The number of unbranched alkanes of at least 4 members (excludes halogenated alkanes) is 41. The minimum Gasteiger partial charge on any atom is -0.462 e. The van der Waals surface area contributed by atoms with Gasteiger partial charge < -0.3 is 14.2 Å². The van der Waals surface area contributed by atoms with Gasteiger partial charge in [0.2, 0.25) is 0 Å². The van der Waals surface area contributed by atoms with E-state index in [1.54, 1.807) is 0 Å². The van der Waals surface area contributed by atoms with Crippen molar-refractivity contribution < 1.29 is 28.6 Å². The summed E-state index contributed by atoms with van der Waals surface area (Å²) < 4.78 is 16.9. The van der Waals surface area contributed by atoms with Gasteiger partial charge in [-0.05, 0) is 96.3 Å². The molecular weight excluding hydrogens is 1020 g/mol. The Labute approximate surface area is 515 Å². The lowest BCUT2D eigenvalue weighted by atomic mass is 10.0. The minimum absolute atomic E-state index is 0.0766. The highest BCUT2D eigenvalue weighted by Gasteiger charge is 2.19. The highest BCUT2D eigenvalue weighted by atomic mass is 16.6. The molecule has 0 aromatic carbocycles. The molecule has 1 atom stereocenters. The van der Waals surface area contributed by atoms with Crippen LogP contribution in [0.3, 0.4) is 0 Å². The molecule has 0 amide bonds. The molecule has 0 aromatic heterocycles. The van der Waals surface area contributed by atoms with Crippen LogP contribution in [0.1, 0.15) is 367 Å². The van der Waals surface area contributed by atoms with Crippen molar-refractivity contribution >= 4 is 17.9 Å². The molecule has 0 N–H and O–H groups in total. The number of hydrogen-bond donors (Lipinski definition) is 0. The van der Waals surface area contributed by atoms with Gasteiger partial charge in [0, 0.05) is 19.3 Å². The van der Waals surface area contributed by atoms with Crippen LogP contribution in [0.5, 0.6) is 0 Å². The molecule has 480 valence electrons. The highest BCUT2D eigenvalue weighted by Crippen LogP contribution is 2.18. The van der Waals surface area contributed by atoms with E-state index in [0.717, 1.165) is 103 Å². The van der Waals surface area contributed by atoms with Crippen LogP contribution in [-0.2, 0) is 28.6 Å². The first kappa shape index (κ1) is 79.6. The monoisotopic (exact) mass is 1160 g/mol. The highest BCUT2D eigenvalue weighted by molar-refractivity contribution is 5.71. The Hall–Kier alpha value is -3.41. The van der Waals surface area contributed by atoms with Gasteiger partial charge in [-0.25, -0.2) is 0 Å². The third-order valence-electron chi connectivity index (χ3n) is 15.9. The third kappa shape index (κ3) is 69.3. The second kappa shape index (κ2) is 71.1. The summed E-state index contributed by atoms with van der Waals surface area (Å²) in [7, 11) is 0. The summed E-state index contributed by atoms with van der Waals surface area (Å²) in [5.41, 5.74) is 0. The molecule has 0 bridgehead atoms. The SMILES string of the molecule is CC/C=C\C/C=C\C/C=C\C/C=C\C/C=C\CCCCCCCCCC(=O)OC(COC(=O)CCCCCCCCCCC)COC(=O)CCCCCCCCCCCCCCCCCCCCCCC/C=C\C/C=C\CCCCCCC. The van der Waals surface area contributed by atoms with Crippen LogP contribution in [0.2, 0.25) is 0 Å². The Kier molecular flexibility index (Phi) is 68.2. The van der Waals surface area contributed by atoms with E-state index in [2.05, 4.69) is 106 Å². The number of allylic oxidation sites excluding steroid dienone is 14. The van der Waals surface area contributed by atoms with Crippen LogP contribution in [-0.4, -0.2) is 37.2 Å². The minimum atomic E-state index is -0.780. The van der Waals surface area contributed by atoms with Crippen LogP contribution in [0.15, 0.2) is 85.1 Å². The molecule has 0 spiro atoms. The molecule has 0 rings (SSSR count). The molecular formula is C77H136O6. The third-order valence-corrected chi connectivity index (χ3v) is 15.9. The first-order valence-electron chi connectivity index (χ1n) is 36.1. The molecule has 0 fully saturated rings. The van der Waals surface area contributed by atoms with Crippen LogP contribution < -0.4 is 0 Å². The zero-order chi connectivity index (χ0) is 59.9. The van der Waals surface area contributed by atoms with Crippen molar-refractivity contribution in [1.29, 1.82) is 0 Å². The molecule has 0 heterocycles. The maximum Gasteiger partial charge on any atom is 0.306 e. The number of ether oxygens (including phenoxy) is 3. The maximum absolute atomic E-state index is 12.9. The Morgan fingerprint density at radius 3 is 0.735 bits per heavy atom. The van der Waals surface area contributed by atoms with Crippen molar-refractivity contribution in [2.75, 3.05) is 13.2 Å². The van der Waals surface area contributed by atoms with Crippen LogP contribution in [0.25, 0.3) is 0 Å². The van der Waals surface area contributed by atoms with Crippen LogP contribution in [0.4, 0.5) is 0 Å². The molecule has 0 radical (unpaired) electrons. The first-order chi connectivity index (χ1) is 41.0. The van der Waals surface area contributed by atoms with Gasteiger partial charge in [0.1, 0.15) is 13.2 Å². The molecule has 0 aromatic rings. The van der Waals surface area contributed by atoms with E-state index in [-0.39, 0.29) is 31.1 Å². The lowest BCUT2D eigenvalue weighted by Crippen LogP contribution is -2.30. The quantitative estimate of drug-likeness (QED) is 0.0261. The fraction of sp³-hybridized carbons (Fsp3) is 0.779. The Bertz CT molecular complexity index is 1570. The van der Waals surface area contributed by atoms with Gasteiger partial charge in [0.05, 0.1) is 0 Å². The first-order valence-corrected chi connectivity index (χ1v) is 36.1. The van der Waals surface area contributed by atoms with Crippen LogP contribution >= 0.6 is 0 Å². The molecule has 0 aliphatic carbocycles. The Morgan fingerprint density at radius 2 is 0.470 bits per heavy atom. The predicted molar refractivity (Wildman–Crippen MR) is 362 cm³/mol. The van der Waals surface area contributed by atoms with Gasteiger partial charge in [-0.3, -0.25) is 14.4 Å². The largest absolute Gasteiger partial charge is 0.462 e. The topological polar surface area (TPSA) is 78.9 Å². The van der Waals surface area contributed by atoms with E-state index in [9.17, 15) is 14.4 Å². The number of carbonyl (C=O) groups is 3. The molecule has 6 heteroatoms. The summed E-state index contributed by atoms with van der Waals surface area (Å²) >= 11 is 0. The predicted octanol–water partition coefficient (Wildman–Crippen LogP) is 25.0. The Balaban J connectivity index is 4.09. The zero-order valence-corrected chi connectivity index (χ0v) is 55.2. The van der Waals surface area contributed by atoms with Crippen molar-refractivity contribution in [2.45, 2.75) is 374 Å². The van der Waals surface area contributed by atoms with Gasteiger partial charge >= 0.3 is 17.9 Å². The average Bonchev–Trinajstić information content (AvgIpc) is 3.49. The maximum atomic E-state index is 12.9. The van der Waals surface area contributed by atoms with Crippen molar-refractivity contribution in [2.24, 2.45) is 0 Å². The van der Waals surface area contributed by atoms with E-state index in [4.69, 9.17) is 14.2 Å². The van der Waals surface area contributed by atoms with E-state index in [1.807, 2.05) is 0 Å². The average molecular weight is 1160 g/mol. The smallest absolute Gasteiger partial charge is 0.306 e. The summed E-state index contributed by atoms with van der Waals surface area (Å²) in [6.45, 7) is 6.53. The van der Waals surface area contributed by atoms with Gasteiger partial charge in [-0.2, -0.15) is 0 Å². The fourth-order valence-electron chi connectivity index (χ4n) is 10.5. The van der Waals surface area contributed by atoms with Crippen molar-refractivity contribution in [1.82, 2.24) is 0 Å². The lowest BCUT2D eigenvalue weighted by molar-refractivity contribution is -0.167. The fourth-order valence-corrected chi connectivity index (χ4v) is 10.5. The summed E-state index contributed by atoms with van der Waals surface area (Å²) in [6.07, 6.45) is 94.9. The second-order valence-electron chi connectivity index (χ2n) is 24.1. The molecule has 0 aliphatic heterocycles. The molecule has 0 saturated heterocycles. The van der Waals surface area contributed by atoms with Gasteiger partial charge in [0.15, 0.2) is 6.10 Å². The number of hydrogen-bond acceptors (Lipinski definition) is 6. The van der Waals surface area contributed by atoms with Crippen molar-refractivity contribution in [3.63, 3.8) is 0 Å². The second-order valence-corrected chi connectivity index (χ2v) is 24.1. The molecule has 1 unspecified atom stereocenters.